The predicted molar refractivity (Wildman–Crippen MR) is 196 cm³/mol. The van der Waals surface area contributed by atoms with Crippen molar-refractivity contribution in [1.82, 2.24) is 19.8 Å². The molecule has 5 rings (SSSR count). The smallest absolute Gasteiger partial charge is 0.253 e. The molecule has 49 heavy (non-hydrogen) atoms. The van der Waals surface area contributed by atoms with E-state index in [1.54, 1.807) is 17.0 Å². The molecule has 1 aliphatic heterocycles. The van der Waals surface area contributed by atoms with Gasteiger partial charge >= 0.3 is 0 Å². The maximum Gasteiger partial charge on any atom is 0.253 e. The number of fused-ring (bicyclic) bond motifs is 1. The molecule has 2 N–H and O–H groups in total. The monoisotopic (exact) mass is 711 g/mol. The third-order valence-electron chi connectivity index (χ3n) is 9.29. The number of nitrogens with zero attached hydrogens (tertiary/aromatic N) is 3. The third-order valence-corrected chi connectivity index (χ3v) is 10.0. The van der Waals surface area contributed by atoms with Crippen LogP contribution in [0.1, 0.15) is 66.6 Å². The van der Waals surface area contributed by atoms with Crippen molar-refractivity contribution < 1.29 is 23.7 Å². The average molecular weight is 713 g/mol. The summed E-state index contributed by atoms with van der Waals surface area (Å²) in [4.78, 5) is 26.3. The Hall–Kier alpha value is -3.70. The van der Waals surface area contributed by atoms with Crippen LogP contribution in [0.5, 0.6) is 17.2 Å². The second kappa shape index (κ2) is 16.8. The lowest BCUT2D eigenvalue weighted by Gasteiger charge is -2.34. The number of rotatable bonds is 15. The lowest BCUT2D eigenvalue weighted by molar-refractivity contribution is 0.0772. The molecular formula is C37H47Cl2N5O5. The number of piperidine rings is 1. The summed E-state index contributed by atoms with van der Waals surface area (Å²) in [5, 5.41) is 4.64. The van der Waals surface area contributed by atoms with Gasteiger partial charge in [0.05, 0.1) is 48.5 Å². The normalized spacial score (nSPS) is 15.2. The number of methoxy groups -OCH3 is 3. The number of halogens is 2. The molecule has 0 spiro atoms. The minimum absolute atomic E-state index is 0.0202. The highest BCUT2D eigenvalue weighted by atomic mass is 35.5. The number of benzene rings is 3. The number of carbonyl (C=O) groups excluding carboxylic acids is 1. The van der Waals surface area contributed by atoms with Crippen LogP contribution in [0.2, 0.25) is 10.0 Å². The lowest BCUT2D eigenvalue weighted by atomic mass is 9.94. The molecule has 12 heteroatoms. The number of H-pyrrole nitrogens is 1. The molecule has 4 aromatic rings. The fraction of sp³-hybridized carbons (Fsp3) is 0.459. The first-order chi connectivity index (χ1) is 23.6. The minimum Gasteiger partial charge on any atom is -0.493 e. The fourth-order valence-corrected chi connectivity index (χ4v) is 6.90. The first-order valence-electron chi connectivity index (χ1n) is 16.7. The van der Waals surface area contributed by atoms with Gasteiger partial charge in [-0.3, -0.25) is 4.79 Å². The van der Waals surface area contributed by atoms with Crippen molar-refractivity contribution >= 4 is 46.1 Å². The van der Waals surface area contributed by atoms with Gasteiger partial charge in [0.15, 0.2) is 11.5 Å². The number of anilines is 1. The van der Waals surface area contributed by atoms with Crippen molar-refractivity contribution in [3.8, 4) is 17.2 Å². The molecule has 0 aliphatic carbocycles. The summed E-state index contributed by atoms with van der Waals surface area (Å²) >= 11 is 12.7. The van der Waals surface area contributed by atoms with Gasteiger partial charge in [-0.1, -0.05) is 41.4 Å². The summed E-state index contributed by atoms with van der Waals surface area (Å²) in [6.07, 6.45) is 2.81. The molecule has 1 aromatic heterocycles. The number of para-hydroxylation sites is 1. The van der Waals surface area contributed by atoms with Crippen LogP contribution in [0.25, 0.3) is 11.0 Å². The Kier molecular flexibility index (Phi) is 12.5. The zero-order chi connectivity index (χ0) is 35.1. The Labute approximate surface area is 299 Å². The third kappa shape index (κ3) is 8.73. The van der Waals surface area contributed by atoms with Gasteiger partial charge in [0, 0.05) is 56.4 Å². The number of likely N-dealkylation sites (N-methyl/N-ethyl adjacent to an activating group) is 1. The molecule has 0 saturated carbocycles. The highest BCUT2D eigenvalue weighted by molar-refractivity contribution is 6.42. The summed E-state index contributed by atoms with van der Waals surface area (Å²) in [5.41, 5.74) is 4.53. The largest absolute Gasteiger partial charge is 0.493 e. The van der Waals surface area contributed by atoms with E-state index in [0.717, 1.165) is 67.0 Å². The van der Waals surface area contributed by atoms with E-state index >= 15 is 0 Å². The lowest BCUT2D eigenvalue weighted by Crippen LogP contribution is -2.40. The number of nitrogens with one attached hydrogen (secondary N) is 2. The number of carbonyl (C=O) groups is 1. The number of hydrogen-bond donors (Lipinski definition) is 2. The summed E-state index contributed by atoms with van der Waals surface area (Å²) in [7, 11) is 6.42. The summed E-state index contributed by atoms with van der Waals surface area (Å²) < 4.78 is 22.2. The maximum atomic E-state index is 13.7. The van der Waals surface area contributed by atoms with E-state index in [-0.39, 0.29) is 17.9 Å². The minimum atomic E-state index is -0.152. The molecule has 10 nitrogen and oxygen atoms in total. The highest BCUT2D eigenvalue weighted by Crippen LogP contribution is 2.39. The van der Waals surface area contributed by atoms with Crippen molar-refractivity contribution in [1.29, 1.82) is 0 Å². The second-order valence-corrected chi connectivity index (χ2v) is 13.3. The van der Waals surface area contributed by atoms with Crippen LogP contribution in [-0.2, 0) is 4.74 Å². The second-order valence-electron chi connectivity index (χ2n) is 12.4. The van der Waals surface area contributed by atoms with E-state index < -0.39 is 0 Å². The maximum absolute atomic E-state index is 13.7. The fourth-order valence-electron chi connectivity index (χ4n) is 6.59. The number of aromatic amines is 1. The van der Waals surface area contributed by atoms with Crippen molar-refractivity contribution in [2.24, 2.45) is 0 Å². The van der Waals surface area contributed by atoms with Gasteiger partial charge in [-0.25, -0.2) is 4.98 Å². The van der Waals surface area contributed by atoms with Crippen LogP contribution in [0.4, 0.5) is 5.95 Å². The van der Waals surface area contributed by atoms with E-state index in [4.69, 9.17) is 47.1 Å². The Bertz CT molecular complexity index is 1700. The molecule has 1 aliphatic rings. The molecule has 1 amide bonds. The van der Waals surface area contributed by atoms with Gasteiger partial charge in [0.25, 0.3) is 5.91 Å². The molecule has 2 unspecified atom stereocenters. The molecule has 2 heterocycles. The quantitative estimate of drug-likeness (QED) is 0.129. The SMILES string of the molecule is CCOC(C)c1cccc2[nH]c(NC3CCN(CCC(CN(C)C(=O)c4cc(OC)c(OC)c(OC)c4)c4ccc(Cl)c(Cl)c4)CC3)nc12. The van der Waals surface area contributed by atoms with Gasteiger partial charge in [-0.2, -0.15) is 0 Å². The van der Waals surface area contributed by atoms with Crippen molar-refractivity contribution in [2.45, 2.75) is 51.2 Å². The molecule has 1 fully saturated rings. The zero-order valence-corrected chi connectivity index (χ0v) is 30.7. The zero-order valence-electron chi connectivity index (χ0n) is 29.1. The van der Waals surface area contributed by atoms with Crippen LogP contribution in [0, 0.1) is 0 Å². The Balaban J connectivity index is 1.22. The number of likely N-dealkylation sites (tertiary alicyclic amines) is 1. The van der Waals surface area contributed by atoms with Crippen LogP contribution >= 0.6 is 23.2 Å². The van der Waals surface area contributed by atoms with E-state index in [0.29, 0.717) is 52.1 Å². The van der Waals surface area contributed by atoms with E-state index in [1.165, 1.54) is 21.3 Å². The van der Waals surface area contributed by atoms with Gasteiger partial charge in [-0.15, -0.1) is 0 Å². The van der Waals surface area contributed by atoms with Gasteiger partial charge in [0.2, 0.25) is 11.7 Å². The molecule has 2 atom stereocenters. The van der Waals surface area contributed by atoms with Crippen LogP contribution in [-0.4, -0.2) is 92.9 Å². The van der Waals surface area contributed by atoms with E-state index in [1.807, 2.05) is 38.2 Å². The summed E-state index contributed by atoms with van der Waals surface area (Å²) in [6, 6.07) is 15.6. The Morgan fingerprint density at radius 2 is 1.76 bits per heavy atom. The molecule has 1 saturated heterocycles. The van der Waals surface area contributed by atoms with Crippen molar-refractivity contribution in [2.75, 3.05) is 66.5 Å². The molecule has 3 aromatic carbocycles. The van der Waals surface area contributed by atoms with Crippen molar-refractivity contribution in [3.05, 3.63) is 75.3 Å². The van der Waals surface area contributed by atoms with Crippen LogP contribution < -0.4 is 19.5 Å². The molecule has 0 radical (unpaired) electrons. The topological polar surface area (TPSA) is 101 Å². The van der Waals surface area contributed by atoms with Crippen LogP contribution in [0.3, 0.4) is 0 Å². The standard InChI is InChI=1S/C37H47Cl2N5O5/c1-7-49-23(2)28-9-8-10-31-34(28)42-37(41-31)40-27-14-17-44(18-15-27)16-13-25(24-11-12-29(38)30(39)19-24)22-43(3)36(45)26-20-32(46-4)35(48-6)33(21-26)47-5/h8-12,19-21,23,25,27H,7,13-18,22H2,1-6H3,(H2,40,41,42). The number of ether oxygens (including phenoxy) is 4. The first kappa shape index (κ1) is 36.6. The predicted octanol–water partition coefficient (Wildman–Crippen LogP) is 7.82. The number of hydrogen-bond acceptors (Lipinski definition) is 8. The first-order valence-corrected chi connectivity index (χ1v) is 17.5. The number of imidazole rings is 1. The number of amides is 1. The summed E-state index contributed by atoms with van der Waals surface area (Å²) in [5.74, 6) is 1.98. The molecule has 0 bridgehead atoms. The van der Waals surface area contributed by atoms with Crippen molar-refractivity contribution in [3.63, 3.8) is 0 Å². The number of aromatic nitrogens is 2. The van der Waals surface area contributed by atoms with Crippen LogP contribution in [0.15, 0.2) is 48.5 Å². The van der Waals surface area contributed by atoms with E-state index in [9.17, 15) is 4.79 Å². The Morgan fingerprint density at radius 1 is 1.04 bits per heavy atom. The summed E-state index contributed by atoms with van der Waals surface area (Å²) in [6.45, 7) is 8.01. The average Bonchev–Trinajstić information content (AvgIpc) is 3.53. The Morgan fingerprint density at radius 3 is 2.39 bits per heavy atom. The molecular weight excluding hydrogens is 665 g/mol. The highest BCUT2D eigenvalue weighted by Gasteiger charge is 2.25. The van der Waals surface area contributed by atoms with E-state index in [2.05, 4.69) is 34.3 Å². The van der Waals surface area contributed by atoms with Gasteiger partial charge < -0.3 is 39.0 Å². The van der Waals surface area contributed by atoms with Gasteiger partial charge in [0.1, 0.15) is 0 Å². The molecule has 264 valence electrons. The van der Waals surface area contributed by atoms with Gasteiger partial charge in [-0.05, 0) is 75.5 Å².